The molecule has 7 nitrogen and oxygen atoms in total. The van der Waals surface area contributed by atoms with Crippen LogP contribution in [0.1, 0.15) is 5.56 Å². The van der Waals surface area contributed by atoms with Gasteiger partial charge in [-0.05, 0) is 49.0 Å². The molecule has 160 valence electrons. The number of nitrogens with one attached hydrogen (secondary N) is 1. The number of aromatic nitrogens is 2. The van der Waals surface area contributed by atoms with Crippen molar-refractivity contribution in [2.24, 2.45) is 0 Å². The highest BCUT2D eigenvalue weighted by molar-refractivity contribution is 5.92. The Hall–Kier alpha value is -3.45. The van der Waals surface area contributed by atoms with Crippen molar-refractivity contribution in [3.8, 4) is 17.0 Å². The van der Waals surface area contributed by atoms with Crippen LogP contribution in [0, 0.1) is 0 Å². The molecule has 1 saturated heterocycles. The first-order valence-corrected chi connectivity index (χ1v) is 10.4. The molecule has 2 heterocycles. The van der Waals surface area contributed by atoms with Crippen LogP contribution in [0.25, 0.3) is 11.3 Å². The lowest BCUT2D eigenvalue weighted by Gasteiger charge is -2.32. The van der Waals surface area contributed by atoms with E-state index in [0.717, 1.165) is 60.3 Å². The van der Waals surface area contributed by atoms with E-state index in [0.29, 0.717) is 6.42 Å². The second-order valence-electron chi connectivity index (χ2n) is 7.72. The summed E-state index contributed by atoms with van der Waals surface area (Å²) in [5, 5.41) is 11.8. The van der Waals surface area contributed by atoms with Crippen molar-refractivity contribution in [2.75, 3.05) is 50.6 Å². The third kappa shape index (κ3) is 5.38. The Kier molecular flexibility index (Phi) is 6.43. The number of methoxy groups -OCH3 is 1. The summed E-state index contributed by atoms with van der Waals surface area (Å²) >= 11 is 0. The molecule has 1 aliphatic rings. The van der Waals surface area contributed by atoms with Gasteiger partial charge in [-0.25, -0.2) is 0 Å². The number of hydrogen-bond donors (Lipinski definition) is 1. The largest absolute Gasteiger partial charge is 0.497 e. The molecule has 31 heavy (non-hydrogen) atoms. The average molecular weight is 418 g/mol. The van der Waals surface area contributed by atoms with E-state index in [1.807, 2.05) is 60.7 Å². The minimum Gasteiger partial charge on any atom is -0.497 e. The summed E-state index contributed by atoms with van der Waals surface area (Å²) in [7, 11) is 3.76. The van der Waals surface area contributed by atoms with Gasteiger partial charge in [-0.3, -0.25) is 4.79 Å². The Morgan fingerprint density at radius 2 is 1.77 bits per heavy atom. The first-order valence-electron chi connectivity index (χ1n) is 10.4. The molecule has 1 aliphatic heterocycles. The van der Waals surface area contributed by atoms with E-state index >= 15 is 0 Å². The Labute approximate surface area is 182 Å². The predicted molar refractivity (Wildman–Crippen MR) is 123 cm³/mol. The number of amides is 1. The fourth-order valence-electron chi connectivity index (χ4n) is 3.57. The lowest BCUT2D eigenvalue weighted by atomic mass is 10.1. The topological polar surface area (TPSA) is 70.6 Å². The van der Waals surface area contributed by atoms with Crippen LogP contribution in [0.15, 0.2) is 60.7 Å². The van der Waals surface area contributed by atoms with Crippen molar-refractivity contribution in [1.82, 2.24) is 15.1 Å². The predicted octanol–water partition coefficient (Wildman–Crippen LogP) is 3.09. The van der Waals surface area contributed by atoms with Gasteiger partial charge in [0.25, 0.3) is 0 Å². The molecule has 1 fully saturated rings. The molecule has 3 aromatic rings. The van der Waals surface area contributed by atoms with Crippen molar-refractivity contribution in [3.63, 3.8) is 0 Å². The Morgan fingerprint density at radius 1 is 1.00 bits per heavy atom. The third-order valence-electron chi connectivity index (χ3n) is 5.44. The van der Waals surface area contributed by atoms with Crippen molar-refractivity contribution in [3.05, 3.63) is 66.2 Å². The lowest BCUT2D eigenvalue weighted by molar-refractivity contribution is -0.115. The van der Waals surface area contributed by atoms with Crippen LogP contribution >= 0.6 is 0 Å². The van der Waals surface area contributed by atoms with Crippen molar-refractivity contribution >= 4 is 17.4 Å². The average Bonchev–Trinajstić information content (AvgIpc) is 2.80. The van der Waals surface area contributed by atoms with E-state index in [1.54, 1.807) is 7.11 Å². The molecular weight excluding hydrogens is 390 g/mol. The quantitative estimate of drug-likeness (QED) is 0.665. The molecule has 0 atom stereocenters. The second kappa shape index (κ2) is 9.57. The fourth-order valence-corrected chi connectivity index (χ4v) is 3.57. The Morgan fingerprint density at radius 3 is 2.45 bits per heavy atom. The molecule has 1 N–H and O–H groups in total. The number of hydrogen-bond acceptors (Lipinski definition) is 6. The van der Waals surface area contributed by atoms with E-state index in [2.05, 4.69) is 32.4 Å². The van der Waals surface area contributed by atoms with Crippen LogP contribution < -0.4 is 15.0 Å². The summed E-state index contributed by atoms with van der Waals surface area (Å²) in [5.41, 5.74) is 3.37. The number of anilines is 2. The zero-order valence-corrected chi connectivity index (χ0v) is 17.9. The number of benzene rings is 2. The highest BCUT2D eigenvalue weighted by Crippen LogP contribution is 2.22. The van der Waals surface area contributed by atoms with Crippen molar-refractivity contribution < 1.29 is 9.53 Å². The summed E-state index contributed by atoms with van der Waals surface area (Å²) in [4.78, 5) is 17.0. The highest BCUT2D eigenvalue weighted by Gasteiger charge is 2.16. The van der Waals surface area contributed by atoms with E-state index in [4.69, 9.17) is 4.74 Å². The SMILES string of the molecule is COc1ccc(CC(=O)Nc2cccc(-c3ccc(N4CCN(C)CC4)nn3)c2)cc1. The van der Waals surface area contributed by atoms with Crippen LogP contribution in [0.3, 0.4) is 0 Å². The normalized spacial score (nSPS) is 14.3. The van der Waals surface area contributed by atoms with Gasteiger partial charge in [0.1, 0.15) is 5.75 Å². The number of ether oxygens (including phenoxy) is 1. The molecule has 2 aromatic carbocycles. The molecule has 7 heteroatoms. The molecule has 1 aromatic heterocycles. The van der Waals surface area contributed by atoms with Gasteiger partial charge in [-0.1, -0.05) is 24.3 Å². The zero-order valence-electron chi connectivity index (χ0n) is 17.9. The molecule has 0 spiro atoms. The molecule has 0 aliphatic carbocycles. The van der Waals surface area contributed by atoms with Gasteiger partial charge in [-0.2, -0.15) is 0 Å². The minimum absolute atomic E-state index is 0.0705. The third-order valence-corrected chi connectivity index (χ3v) is 5.44. The highest BCUT2D eigenvalue weighted by atomic mass is 16.5. The van der Waals surface area contributed by atoms with Gasteiger partial charge in [0.05, 0.1) is 19.2 Å². The van der Waals surface area contributed by atoms with Crippen molar-refractivity contribution in [1.29, 1.82) is 0 Å². The van der Waals surface area contributed by atoms with E-state index in [-0.39, 0.29) is 5.91 Å². The Balaban J connectivity index is 1.40. The fraction of sp³-hybridized carbons (Fsp3) is 0.292. The van der Waals surface area contributed by atoms with Crippen molar-refractivity contribution in [2.45, 2.75) is 6.42 Å². The van der Waals surface area contributed by atoms with Crippen LogP contribution in [0.2, 0.25) is 0 Å². The van der Waals surface area contributed by atoms with Gasteiger partial charge >= 0.3 is 0 Å². The maximum absolute atomic E-state index is 12.4. The molecule has 0 radical (unpaired) electrons. The summed E-state index contributed by atoms with van der Waals surface area (Å²) in [6.07, 6.45) is 0.299. The van der Waals surface area contributed by atoms with E-state index < -0.39 is 0 Å². The first kappa shape index (κ1) is 20.8. The van der Waals surface area contributed by atoms with Gasteiger partial charge in [-0.15, -0.1) is 10.2 Å². The van der Waals surface area contributed by atoms with Crippen LogP contribution in [-0.2, 0) is 11.2 Å². The Bertz CT molecular complexity index is 1010. The molecule has 0 saturated carbocycles. The van der Waals surface area contributed by atoms with E-state index in [9.17, 15) is 4.79 Å². The summed E-state index contributed by atoms with van der Waals surface area (Å²) in [6.45, 7) is 3.98. The number of nitrogens with zero attached hydrogens (tertiary/aromatic N) is 4. The van der Waals surface area contributed by atoms with Gasteiger partial charge in [0, 0.05) is 37.4 Å². The smallest absolute Gasteiger partial charge is 0.228 e. The zero-order chi connectivity index (χ0) is 21.6. The summed E-state index contributed by atoms with van der Waals surface area (Å²) in [5.74, 6) is 1.61. The molecule has 0 unspecified atom stereocenters. The maximum Gasteiger partial charge on any atom is 0.228 e. The lowest BCUT2D eigenvalue weighted by Crippen LogP contribution is -2.44. The number of likely N-dealkylation sites (N-methyl/N-ethyl adjacent to an activating group) is 1. The molecule has 0 bridgehead atoms. The van der Waals surface area contributed by atoms with Crippen LogP contribution in [-0.4, -0.2) is 61.3 Å². The van der Waals surface area contributed by atoms with Crippen LogP contribution in [0.4, 0.5) is 11.5 Å². The number of carbonyl (C=O) groups is 1. The van der Waals surface area contributed by atoms with E-state index in [1.165, 1.54) is 0 Å². The van der Waals surface area contributed by atoms with Gasteiger partial charge in [0.2, 0.25) is 5.91 Å². The maximum atomic E-state index is 12.4. The summed E-state index contributed by atoms with van der Waals surface area (Å²) in [6, 6.07) is 19.2. The molecule has 1 amide bonds. The van der Waals surface area contributed by atoms with Gasteiger partial charge in [0.15, 0.2) is 5.82 Å². The standard InChI is InChI=1S/C24H27N5O2/c1-28-12-14-29(15-13-28)23-11-10-22(26-27-23)19-4-3-5-20(17-19)25-24(30)16-18-6-8-21(31-2)9-7-18/h3-11,17H,12-16H2,1-2H3,(H,25,30). The number of carbonyl (C=O) groups excluding carboxylic acids is 1. The molecular formula is C24H27N5O2. The monoisotopic (exact) mass is 417 g/mol. The van der Waals surface area contributed by atoms with Gasteiger partial charge < -0.3 is 19.9 Å². The van der Waals surface area contributed by atoms with Crippen LogP contribution in [0.5, 0.6) is 5.75 Å². The second-order valence-corrected chi connectivity index (χ2v) is 7.72. The first-order chi connectivity index (χ1) is 15.1. The number of rotatable bonds is 6. The summed E-state index contributed by atoms with van der Waals surface area (Å²) < 4.78 is 5.15. The number of piperazine rings is 1. The molecule has 4 rings (SSSR count). The minimum atomic E-state index is -0.0705.